The Morgan fingerprint density at radius 2 is 1.91 bits per heavy atom. The minimum absolute atomic E-state index is 0.344. The molecule has 32 heavy (non-hydrogen) atoms. The zero-order valence-corrected chi connectivity index (χ0v) is 19.0. The Bertz CT molecular complexity index is 933. The fourth-order valence-corrected chi connectivity index (χ4v) is 4.88. The van der Waals surface area contributed by atoms with Gasteiger partial charge in [0.2, 0.25) is 5.95 Å². The first-order valence-corrected chi connectivity index (χ1v) is 11.9. The number of aromatic nitrogens is 2. The largest absolute Gasteiger partial charge is 0.388 e. The lowest BCUT2D eigenvalue weighted by Crippen LogP contribution is -2.40. The maximum Gasteiger partial charge on any atom is 0.225 e. The molecular formula is C26H34N4O2. The number of ketones is 1. The van der Waals surface area contributed by atoms with Gasteiger partial charge in [0, 0.05) is 38.6 Å². The molecule has 1 saturated heterocycles. The number of carbonyl (C=O) groups is 1. The van der Waals surface area contributed by atoms with Gasteiger partial charge in [-0.3, -0.25) is 4.79 Å². The molecule has 1 N–H and O–H groups in total. The molecule has 6 heteroatoms. The monoisotopic (exact) mass is 434 g/mol. The molecule has 170 valence electrons. The Kier molecular flexibility index (Phi) is 7.66. The zero-order valence-electron chi connectivity index (χ0n) is 19.0. The van der Waals surface area contributed by atoms with Crippen LogP contribution in [0.3, 0.4) is 0 Å². The fraction of sp³-hybridized carbons (Fsp3) is 0.500. The van der Waals surface area contributed by atoms with E-state index in [1.165, 1.54) is 35.5 Å². The van der Waals surface area contributed by atoms with E-state index in [4.69, 9.17) is 5.11 Å². The topological polar surface area (TPSA) is 69.6 Å². The van der Waals surface area contributed by atoms with E-state index in [0.29, 0.717) is 17.4 Å². The SMILES string of the molecule is CCCN(CCC1=CCc2ccccc21)CC1CCN(c2ncc(C(=O)CO)cn2)CC1. The predicted molar refractivity (Wildman–Crippen MR) is 128 cm³/mol. The first-order valence-electron chi connectivity index (χ1n) is 11.9. The third kappa shape index (κ3) is 5.43. The lowest BCUT2D eigenvalue weighted by atomic mass is 9.96. The molecule has 2 aromatic rings. The Balaban J connectivity index is 1.26. The minimum Gasteiger partial charge on any atom is -0.388 e. The van der Waals surface area contributed by atoms with Gasteiger partial charge in [0.15, 0.2) is 5.78 Å². The van der Waals surface area contributed by atoms with E-state index in [2.05, 4.69) is 57.0 Å². The van der Waals surface area contributed by atoms with E-state index in [9.17, 15) is 4.79 Å². The summed E-state index contributed by atoms with van der Waals surface area (Å²) >= 11 is 0. The molecule has 6 nitrogen and oxygen atoms in total. The number of anilines is 1. The van der Waals surface area contributed by atoms with Crippen LogP contribution in [0.5, 0.6) is 0 Å². The van der Waals surface area contributed by atoms with Crippen molar-refractivity contribution in [3.8, 4) is 0 Å². The van der Waals surface area contributed by atoms with Crippen molar-refractivity contribution in [3.05, 3.63) is 59.4 Å². The summed E-state index contributed by atoms with van der Waals surface area (Å²) in [6.07, 6.45) is 11.1. The Morgan fingerprint density at radius 3 is 2.62 bits per heavy atom. The van der Waals surface area contributed by atoms with Gasteiger partial charge in [-0.2, -0.15) is 0 Å². The number of fused-ring (bicyclic) bond motifs is 1. The van der Waals surface area contributed by atoms with Crippen molar-refractivity contribution in [1.82, 2.24) is 14.9 Å². The van der Waals surface area contributed by atoms with Crippen LogP contribution >= 0.6 is 0 Å². The van der Waals surface area contributed by atoms with Crippen LogP contribution in [-0.4, -0.2) is 65.1 Å². The molecule has 2 heterocycles. The Morgan fingerprint density at radius 1 is 1.16 bits per heavy atom. The summed E-state index contributed by atoms with van der Waals surface area (Å²) in [5.41, 5.74) is 4.79. The molecule has 0 unspecified atom stereocenters. The molecule has 1 fully saturated rings. The van der Waals surface area contributed by atoms with Crippen molar-refractivity contribution < 1.29 is 9.90 Å². The highest BCUT2D eigenvalue weighted by Gasteiger charge is 2.23. The van der Waals surface area contributed by atoms with Crippen molar-refractivity contribution >= 4 is 17.3 Å². The predicted octanol–water partition coefficient (Wildman–Crippen LogP) is 3.61. The van der Waals surface area contributed by atoms with Crippen LogP contribution < -0.4 is 4.90 Å². The zero-order chi connectivity index (χ0) is 22.3. The van der Waals surface area contributed by atoms with E-state index in [1.54, 1.807) is 0 Å². The van der Waals surface area contributed by atoms with Crippen molar-refractivity contribution in [2.45, 2.75) is 39.0 Å². The van der Waals surface area contributed by atoms with Gasteiger partial charge in [-0.1, -0.05) is 37.3 Å². The normalized spacial score (nSPS) is 16.3. The number of nitrogens with zero attached hydrogens (tertiary/aromatic N) is 4. The summed E-state index contributed by atoms with van der Waals surface area (Å²) in [6.45, 7) is 7.07. The number of allylic oxidation sites excluding steroid dienone is 1. The number of hydrogen-bond acceptors (Lipinski definition) is 6. The van der Waals surface area contributed by atoms with Gasteiger partial charge in [0.1, 0.15) is 6.61 Å². The fourth-order valence-electron chi connectivity index (χ4n) is 4.88. The molecule has 1 aromatic carbocycles. The molecule has 1 aliphatic carbocycles. The van der Waals surface area contributed by atoms with Crippen molar-refractivity contribution in [2.24, 2.45) is 5.92 Å². The number of benzene rings is 1. The van der Waals surface area contributed by atoms with Gasteiger partial charge in [-0.05, 0) is 61.3 Å². The number of aliphatic hydroxyl groups excluding tert-OH is 1. The van der Waals surface area contributed by atoms with Crippen LogP contribution in [0.15, 0.2) is 42.7 Å². The Hall–Kier alpha value is -2.57. The van der Waals surface area contributed by atoms with Gasteiger partial charge in [-0.25, -0.2) is 9.97 Å². The number of carbonyl (C=O) groups excluding carboxylic acids is 1. The second-order valence-corrected chi connectivity index (χ2v) is 8.92. The number of aliphatic hydroxyl groups is 1. The van der Waals surface area contributed by atoms with Crippen molar-refractivity contribution in [1.29, 1.82) is 0 Å². The van der Waals surface area contributed by atoms with Crippen LogP contribution in [0.4, 0.5) is 5.95 Å². The third-order valence-corrected chi connectivity index (χ3v) is 6.69. The maximum absolute atomic E-state index is 11.5. The molecule has 4 rings (SSSR count). The van der Waals surface area contributed by atoms with Crippen molar-refractivity contribution in [3.63, 3.8) is 0 Å². The molecule has 0 bridgehead atoms. The molecule has 2 aliphatic rings. The minimum atomic E-state index is -0.508. The number of rotatable bonds is 10. The molecule has 1 aliphatic heterocycles. The van der Waals surface area contributed by atoms with Crippen LogP contribution in [0, 0.1) is 5.92 Å². The van der Waals surface area contributed by atoms with Crippen molar-refractivity contribution in [2.75, 3.05) is 44.2 Å². The highest BCUT2D eigenvalue weighted by atomic mass is 16.3. The van der Waals surface area contributed by atoms with Crippen LogP contribution in [0.1, 0.15) is 54.1 Å². The van der Waals surface area contributed by atoms with E-state index in [1.807, 2.05) is 0 Å². The third-order valence-electron chi connectivity index (χ3n) is 6.69. The average molecular weight is 435 g/mol. The summed E-state index contributed by atoms with van der Waals surface area (Å²) in [6, 6.07) is 8.80. The average Bonchev–Trinajstić information content (AvgIpc) is 3.26. The smallest absolute Gasteiger partial charge is 0.225 e. The Labute approximate surface area is 191 Å². The van der Waals surface area contributed by atoms with Gasteiger partial charge in [0.05, 0.1) is 5.56 Å². The summed E-state index contributed by atoms with van der Waals surface area (Å²) < 4.78 is 0. The molecule has 0 spiro atoms. The molecular weight excluding hydrogens is 400 g/mol. The summed E-state index contributed by atoms with van der Waals surface area (Å²) in [5.74, 6) is 1.02. The summed E-state index contributed by atoms with van der Waals surface area (Å²) in [5, 5.41) is 8.97. The highest BCUT2D eigenvalue weighted by molar-refractivity contribution is 5.96. The van der Waals surface area contributed by atoms with Crippen LogP contribution in [-0.2, 0) is 6.42 Å². The molecule has 0 atom stereocenters. The standard InChI is InChI=1S/C26H34N4O2/c1-2-12-29(13-11-22-8-7-21-5-3-4-6-24(21)22)18-20-9-14-30(15-10-20)26-27-16-23(17-28-26)25(32)19-31/h3-6,8,16-17,20,31H,2,7,9-15,18-19H2,1H3. The lowest BCUT2D eigenvalue weighted by molar-refractivity contribution is 0.0903. The number of hydrogen-bond donors (Lipinski definition) is 1. The lowest BCUT2D eigenvalue weighted by Gasteiger charge is -2.35. The van der Waals surface area contributed by atoms with Gasteiger partial charge < -0.3 is 14.9 Å². The molecule has 1 aromatic heterocycles. The summed E-state index contributed by atoms with van der Waals surface area (Å²) in [7, 11) is 0. The first kappa shape index (κ1) is 22.6. The number of piperidine rings is 1. The van der Waals surface area contributed by atoms with Gasteiger partial charge in [0.25, 0.3) is 0 Å². The van der Waals surface area contributed by atoms with E-state index in [-0.39, 0.29) is 5.78 Å². The van der Waals surface area contributed by atoms with E-state index >= 15 is 0 Å². The highest BCUT2D eigenvalue weighted by Crippen LogP contribution is 2.30. The second-order valence-electron chi connectivity index (χ2n) is 8.92. The first-order chi connectivity index (χ1) is 15.7. The number of Topliss-reactive ketones (excluding diaryl/α,β-unsaturated/α-hetero) is 1. The molecule has 0 radical (unpaired) electrons. The van der Waals surface area contributed by atoms with Gasteiger partial charge in [-0.15, -0.1) is 0 Å². The van der Waals surface area contributed by atoms with Crippen LogP contribution in [0.25, 0.3) is 5.57 Å². The molecule has 0 saturated carbocycles. The van der Waals surface area contributed by atoms with Crippen LogP contribution in [0.2, 0.25) is 0 Å². The second kappa shape index (κ2) is 10.8. The van der Waals surface area contributed by atoms with Gasteiger partial charge >= 0.3 is 0 Å². The quantitative estimate of drug-likeness (QED) is 0.576. The van der Waals surface area contributed by atoms with E-state index in [0.717, 1.165) is 58.4 Å². The summed E-state index contributed by atoms with van der Waals surface area (Å²) in [4.78, 5) is 25.1. The van der Waals surface area contributed by atoms with E-state index < -0.39 is 6.61 Å². The maximum atomic E-state index is 11.5. The molecule has 0 amide bonds.